The highest BCUT2D eigenvalue weighted by molar-refractivity contribution is 9.10. The van der Waals surface area contributed by atoms with Crippen molar-refractivity contribution in [3.05, 3.63) is 92.6 Å². The molecular weight excluding hydrogens is 386 g/mol. The fourth-order valence-electron chi connectivity index (χ4n) is 2.13. The van der Waals surface area contributed by atoms with E-state index in [0.717, 1.165) is 20.6 Å². The molecule has 0 spiro atoms. The van der Waals surface area contributed by atoms with Crippen LogP contribution < -0.4 is 0 Å². The Bertz CT molecular complexity index is 828. The maximum Gasteiger partial charge on any atom is 0.365 e. The molecule has 0 radical (unpaired) electrons. The minimum absolute atomic E-state index is 0.465. The van der Waals surface area contributed by atoms with Crippen molar-refractivity contribution in [2.24, 2.45) is 5.16 Å². The molecule has 3 rings (SSSR count). The Labute approximate surface area is 152 Å². The molecule has 1 aromatic heterocycles. The number of nitrogens with zero attached hydrogens (tertiary/aromatic N) is 1. The van der Waals surface area contributed by atoms with E-state index in [4.69, 9.17) is 4.84 Å². The van der Waals surface area contributed by atoms with Gasteiger partial charge in [0, 0.05) is 10.9 Å². The lowest BCUT2D eigenvalue weighted by Crippen LogP contribution is -2.08. The van der Waals surface area contributed by atoms with Gasteiger partial charge in [0.15, 0.2) is 0 Å². The Balaban J connectivity index is 1.79. The van der Waals surface area contributed by atoms with Gasteiger partial charge in [-0.05, 0) is 41.3 Å². The zero-order chi connectivity index (χ0) is 16.8. The first kappa shape index (κ1) is 16.6. The van der Waals surface area contributed by atoms with Gasteiger partial charge < -0.3 is 4.84 Å². The third-order valence-corrected chi connectivity index (χ3v) is 4.79. The lowest BCUT2D eigenvalue weighted by Gasteiger charge is -2.05. The number of benzene rings is 2. The Morgan fingerprint density at radius 2 is 1.75 bits per heavy atom. The smallest absolute Gasteiger partial charge is 0.312 e. The normalized spacial score (nSPS) is 11.3. The van der Waals surface area contributed by atoms with Crippen LogP contribution in [-0.2, 0) is 11.3 Å². The lowest BCUT2D eigenvalue weighted by atomic mass is 10.1. The third-order valence-electron chi connectivity index (χ3n) is 3.34. The molecule has 120 valence electrons. The quantitative estimate of drug-likeness (QED) is 0.331. The van der Waals surface area contributed by atoms with Crippen molar-refractivity contribution in [1.29, 1.82) is 0 Å². The summed E-state index contributed by atoms with van der Waals surface area (Å²) in [6.45, 7) is 0. The van der Waals surface area contributed by atoms with E-state index in [0.29, 0.717) is 12.0 Å². The number of hydrogen-bond acceptors (Lipinski definition) is 4. The number of oxime groups is 1. The molecule has 0 saturated carbocycles. The SMILES string of the molecule is O=C(O/N=C(\Cc1ccccc1)c1cccs1)c1ccc(Br)cc1. The highest BCUT2D eigenvalue weighted by atomic mass is 79.9. The summed E-state index contributed by atoms with van der Waals surface area (Å²) in [5.74, 6) is -0.468. The molecule has 0 unspecified atom stereocenters. The van der Waals surface area contributed by atoms with Crippen molar-refractivity contribution < 1.29 is 9.63 Å². The van der Waals surface area contributed by atoms with Gasteiger partial charge in [0.2, 0.25) is 0 Å². The number of carbonyl (C=O) groups excluding carboxylic acids is 1. The first-order valence-electron chi connectivity index (χ1n) is 7.34. The molecule has 5 heteroatoms. The van der Waals surface area contributed by atoms with Crippen LogP contribution in [0, 0.1) is 0 Å². The van der Waals surface area contributed by atoms with E-state index >= 15 is 0 Å². The zero-order valence-electron chi connectivity index (χ0n) is 12.7. The summed E-state index contributed by atoms with van der Waals surface area (Å²) in [4.78, 5) is 18.3. The Morgan fingerprint density at radius 3 is 2.42 bits per heavy atom. The summed E-state index contributed by atoms with van der Waals surface area (Å²) in [6, 6.07) is 20.9. The van der Waals surface area contributed by atoms with Gasteiger partial charge in [0.25, 0.3) is 0 Å². The van der Waals surface area contributed by atoms with Gasteiger partial charge in [-0.2, -0.15) is 0 Å². The van der Waals surface area contributed by atoms with Gasteiger partial charge in [-0.15, -0.1) is 11.3 Å². The van der Waals surface area contributed by atoms with Gasteiger partial charge in [-0.25, -0.2) is 4.79 Å². The Hall–Kier alpha value is -2.24. The molecule has 0 aliphatic heterocycles. The van der Waals surface area contributed by atoms with E-state index in [1.165, 1.54) is 0 Å². The van der Waals surface area contributed by atoms with Crippen LogP contribution in [0.3, 0.4) is 0 Å². The van der Waals surface area contributed by atoms with Crippen LogP contribution in [0.1, 0.15) is 20.8 Å². The summed E-state index contributed by atoms with van der Waals surface area (Å²) in [7, 11) is 0. The second kappa shape index (κ2) is 8.04. The average Bonchev–Trinajstić information content (AvgIpc) is 3.14. The van der Waals surface area contributed by atoms with Crippen LogP contribution in [0.25, 0.3) is 0 Å². The first-order valence-corrected chi connectivity index (χ1v) is 9.01. The van der Waals surface area contributed by atoms with Crippen molar-refractivity contribution in [2.45, 2.75) is 6.42 Å². The van der Waals surface area contributed by atoms with Crippen molar-refractivity contribution in [2.75, 3.05) is 0 Å². The maximum absolute atomic E-state index is 12.1. The fraction of sp³-hybridized carbons (Fsp3) is 0.0526. The standard InChI is InChI=1S/C19H14BrNO2S/c20-16-10-8-15(9-11-16)19(22)23-21-17(18-7-4-12-24-18)13-14-5-2-1-3-6-14/h1-12H,13H2/b21-17+. The maximum atomic E-state index is 12.1. The minimum Gasteiger partial charge on any atom is -0.312 e. The summed E-state index contributed by atoms with van der Waals surface area (Å²) in [6.07, 6.45) is 0.606. The summed E-state index contributed by atoms with van der Waals surface area (Å²) in [5.41, 5.74) is 2.32. The molecule has 3 aromatic rings. The summed E-state index contributed by atoms with van der Waals surface area (Å²) in [5, 5.41) is 6.10. The van der Waals surface area contributed by atoms with E-state index in [2.05, 4.69) is 21.1 Å². The van der Waals surface area contributed by atoms with Gasteiger partial charge in [-0.1, -0.05) is 57.5 Å². The van der Waals surface area contributed by atoms with Crippen molar-refractivity contribution in [3.63, 3.8) is 0 Å². The lowest BCUT2D eigenvalue weighted by molar-refractivity contribution is 0.0516. The number of thiophene rings is 1. The number of carbonyl (C=O) groups is 1. The third kappa shape index (κ3) is 4.40. The fourth-order valence-corrected chi connectivity index (χ4v) is 3.10. The van der Waals surface area contributed by atoms with Gasteiger partial charge >= 0.3 is 5.97 Å². The largest absolute Gasteiger partial charge is 0.365 e. The molecule has 24 heavy (non-hydrogen) atoms. The Kier molecular flexibility index (Phi) is 5.56. The van der Waals surface area contributed by atoms with E-state index in [1.54, 1.807) is 35.6 Å². The molecular formula is C19H14BrNO2S. The highest BCUT2D eigenvalue weighted by Crippen LogP contribution is 2.16. The minimum atomic E-state index is -0.468. The molecule has 0 saturated heterocycles. The van der Waals surface area contributed by atoms with Gasteiger partial charge in [0.05, 0.1) is 10.4 Å². The second-order valence-corrected chi connectivity index (χ2v) is 6.93. The molecule has 1 heterocycles. The van der Waals surface area contributed by atoms with E-state index in [-0.39, 0.29) is 0 Å². The van der Waals surface area contributed by atoms with Crippen LogP contribution in [0.4, 0.5) is 0 Å². The van der Waals surface area contributed by atoms with E-state index < -0.39 is 5.97 Å². The highest BCUT2D eigenvalue weighted by Gasteiger charge is 2.11. The molecule has 0 atom stereocenters. The molecule has 0 amide bonds. The molecule has 0 N–H and O–H groups in total. The van der Waals surface area contributed by atoms with E-state index in [9.17, 15) is 4.79 Å². The number of hydrogen-bond donors (Lipinski definition) is 0. The number of halogens is 1. The monoisotopic (exact) mass is 399 g/mol. The summed E-state index contributed by atoms with van der Waals surface area (Å²) < 4.78 is 0.908. The molecule has 2 aromatic carbocycles. The van der Waals surface area contributed by atoms with Crippen LogP contribution in [0.2, 0.25) is 0 Å². The topological polar surface area (TPSA) is 38.7 Å². The summed E-state index contributed by atoms with van der Waals surface area (Å²) >= 11 is 4.91. The van der Waals surface area contributed by atoms with Gasteiger partial charge in [-0.3, -0.25) is 0 Å². The second-order valence-electron chi connectivity index (χ2n) is 5.06. The molecule has 0 aliphatic rings. The van der Waals surface area contributed by atoms with Gasteiger partial charge in [0.1, 0.15) is 5.71 Å². The van der Waals surface area contributed by atoms with Crippen LogP contribution >= 0.6 is 27.3 Å². The average molecular weight is 400 g/mol. The van der Waals surface area contributed by atoms with Crippen LogP contribution in [-0.4, -0.2) is 11.7 Å². The molecule has 3 nitrogen and oxygen atoms in total. The molecule has 0 bridgehead atoms. The predicted octanol–water partition coefficient (Wildman–Crippen LogP) is 5.31. The Morgan fingerprint density at radius 1 is 1.00 bits per heavy atom. The van der Waals surface area contributed by atoms with E-state index in [1.807, 2.05) is 47.8 Å². The van der Waals surface area contributed by atoms with Crippen LogP contribution in [0.5, 0.6) is 0 Å². The van der Waals surface area contributed by atoms with Crippen molar-refractivity contribution in [1.82, 2.24) is 0 Å². The first-order chi connectivity index (χ1) is 11.7. The van der Waals surface area contributed by atoms with Crippen molar-refractivity contribution in [3.8, 4) is 0 Å². The molecule has 0 fully saturated rings. The zero-order valence-corrected chi connectivity index (χ0v) is 15.1. The van der Waals surface area contributed by atoms with Crippen LogP contribution in [0.15, 0.2) is 81.7 Å². The van der Waals surface area contributed by atoms with Crippen molar-refractivity contribution >= 4 is 38.9 Å². The number of rotatable bonds is 5. The predicted molar refractivity (Wildman–Crippen MR) is 101 cm³/mol. The molecule has 0 aliphatic carbocycles.